The molecule has 0 unspecified atom stereocenters. The highest BCUT2D eigenvalue weighted by atomic mass is 32.1. The Balaban J connectivity index is 0.865. The van der Waals surface area contributed by atoms with Crippen molar-refractivity contribution in [2.45, 2.75) is 85.0 Å². The lowest BCUT2D eigenvalue weighted by molar-refractivity contribution is -0.144. The van der Waals surface area contributed by atoms with Crippen molar-refractivity contribution < 1.29 is 38.5 Å². The van der Waals surface area contributed by atoms with E-state index in [-0.39, 0.29) is 76.5 Å². The summed E-state index contributed by atoms with van der Waals surface area (Å²) in [5.41, 5.74) is 9.95. The third-order valence-corrected chi connectivity index (χ3v) is 13.1. The second-order valence-corrected chi connectivity index (χ2v) is 19.2. The van der Waals surface area contributed by atoms with Gasteiger partial charge in [0, 0.05) is 33.0 Å². The molecule has 366 valence electrons. The molecule has 1 aromatic heterocycles. The third-order valence-electron chi connectivity index (χ3n) is 12.1. The molecule has 6 rings (SSSR count). The number of aromatic nitrogens is 1. The molecule has 0 radical (unpaired) electrons. The Labute approximate surface area is 410 Å². The highest BCUT2D eigenvalue weighted by Gasteiger charge is 2.44. The van der Waals surface area contributed by atoms with Crippen LogP contribution < -0.4 is 15.4 Å². The lowest BCUT2D eigenvalue weighted by Crippen LogP contribution is -2.57. The zero-order valence-corrected chi connectivity index (χ0v) is 41.6. The molecule has 0 aliphatic carbocycles. The van der Waals surface area contributed by atoms with Crippen LogP contribution in [0.15, 0.2) is 115 Å². The molecule has 13 nitrogen and oxygen atoms in total. The Bertz CT molecular complexity index is 2470. The predicted octanol–water partition coefficient (Wildman–Crippen LogP) is 7.95. The fourth-order valence-electron chi connectivity index (χ4n) is 8.28. The van der Waals surface area contributed by atoms with E-state index in [2.05, 4.69) is 83.2 Å². The first-order chi connectivity index (χ1) is 33.2. The molecule has 4 aromatic carbocycles. The highest BCUT2D eigenvalue weighted by molar-refractivity contribution is 7.13. The van der Waals surface area contributed by atoms with Crippen LogP contribution in [0.5, 0.6) is 5.75 Å². The number of thiazole rings is 1. The number of carbonyl (C=O) groups is 4. The maximum absolute atomic E-state index is 14.0. The molecule has 14 heteroatoms. The number of nitrogens with zero attached hydrogens (tertiary/aromatic N) is 3. The fourth-order valence-corrected chi connectivity index (χ4v) is 9.09. The van der Waals surface area contributed by atoms with Crippen LogP contribution >= 0.6 is 11.3 Å². The lowest BCUT2D eigenvalue weighted by atomic mass is 9.85. The van der Waals surface area contributed by atoms with Crippen LogP contribution in [-0.2, 0) is 35.2 Å². The topological polar surface area (TPSA) is 160 Å². The molecular formula is C55H67N5O8S. The van der Waals surface area contributed by atoms with Crippen LogP contribution in [0.25, 0.3) is 21.6 Å². The maximum atomic E-state index is 14.0. The number of ether oxygens (including phenoxy) is 3. The van der Waals surface area contributed by atoms with Crippen LogP contribution in [0.4, 0.5) is 0 Å². The number of likely N-dealkylation sites (N-methyl/N-ethyl adjacent to an activating group) is 1. The molecule has 2 heterocycles. The van der Waals surface area contributed by atoms with Crippen LogP contribution in [0, 0.1) is 12.3 Å². The third kappa shape index (κ3) is 14.9. The number of allylic oxidation sites excluding steroid dienone is 1. The van der Waals surface area contributed by atoms with Crippen LogP contribution in [-0.4, -0.2) is 115 Å². The number of aliphatic hydroxyl groups is 1. The SMILES string of the molecule is CC/C(=C(\c1ccccc1)c1ccc(OCCN(C)C(=O)CCOCCOCCC(=O)N[C@H](C(=O)N2C[C@H](O)C[C@H]2C(=O)NCc2ccc(-c3scnc3C)cc2)C(C)(C)C)cc1)c1ccccc1. The van der Waals surface area contributed by atoms with Crippen molar-refractivity contribution in [3.05, 3.63) is 143 Å². The van der Waals surface area contributed by atoms with Crippen molar-refractivity contribution in [1.29, 1.82) is 0 Å². The summed E-state index contributed by atoms with van der Waals surface area (Å²) in [6.45, 7) is 11.4. The molecule has 3 atom stereocenters. The summed E-state index contributed by atoms with van der Waals surface area (Å²) in [5, 5.41) is 16.4. The Morgan fingerprint density at radius 3 is 2.06 bits per heavy atom. The normalized spacial score (nSPS) is 15.6. The van der Waals surface area contributed by atoms with Crippen LogP contribution in [0.3, 0.4) is 0 Å². The number of nitrogens with one attached hydrogen (secondary N) is 2. The van der Waals surface area contributed by atoms with E-state index in [0.29, 0.717) is 13.2 Å². The van der Waals surface area contributed by atoms with Crippen LogP contribution in [0.1, 0.15) is 81.3 Å². The summed E-state index contributed by atoms with van der Waals surface area (Å²) in [6.07, 6.45) is 0.310. The van der Waals surface area contributed by atoms with Gasteiger partial charge in [-0.3, -0.25) is 19.2 Å². The van der Waals surface area contributed by atoms with Gasteiger partial charge in [0.25, 0.3) is 0 Å². The minimum absolute atomic E-state index is 0.00305. The summed E-state index contributed by atoms with van der Waals surface area (Å²) in [4.78, 5) is 61.7. The minimum atomic E-state index is -0.943. The molecule has 4 amide bonds. The van der Waals surface area contributed by atoms with Gasteiger partial charge in [0.05, 0.1) is 61.6 Å². The predicted molar refractivity (Wildman–Crippen MR) is 271 cm³/mol. The molecule has 1 fully saturated rings. The summed E-state index contributed by atoms with van der Waals surface area (Å²) >= 11 is 1.57. The zero-order chi connectivity index (χ0) is 49.3. The molecule has 1 saturated heterocycles. The molecule has 0 saturated carbocycles. The van der Waals surface area contributed by atoms with Crippen molar-refractivity contribution >= 4 is 46.1 Å². The van der Waals surface area contributed by atoms with Gasteiger partial charge in [0.1, 0.15) is 24.4 Å². The average molecular weight is 958 g/mol. The summed E-state index contributed by atoms with van der Waals surface area (Å²) in [7, 11) is 1.74. The first kappa shape index (κ1) is 52.2. The smallest absolute Gasteiger partial charge is 0.246 e. The van der Waals surface area contributed by atoms with Gasteiger partial charge in [-0.15, -0.1) is 11.3 Å². The number of rotatable bonds is 23. The van der Waals surface area contributed by atoms with Gasteiger partial charge in [0.15, 0.2) is 0 Å². The van der Waals surface area contributed by atoms with Gasteiger partial charge in [-0.2, -0.15) is 0 Å². The largest absolute Gasteiger partial charge is 0.492 e. The molecule has 1 aliphatic heterocycles. The van der Waals surface area contributed by atoms with E-state index < -0.39 is 29.5 Å². The monoisotopic (exact) mass is 957 g/mol. The van der Waals surface area contributed by atoms with Crippen molar-refractivity contribution in [3.63, 3.8) is 0 Å². The molecule has 69 heavy (non-hydrogen) atoms. The second kappa shape index (κ2) is 25.4. The summed E-state index contributed by atoms with van der Waals surface area (Å²) in [5.74, 6) is -0.523. The van der Waals surface area contributed by atoms with Gasteiger partial charge < -0.3 is 39.8 Å². The number of benzene rings is 4. The number of hydrogen-bond acceptors (Lipinski definition) is 10. The molecule has 0 bridgehead atoms. The second-order valence-electron chi connectivity index (χ2n) is 18.3. The van der Waals surface area contributed by atoms with E-state index in [1.807, 2.05) is 81.7 Å². The van der Waals surface area contributed by atoms with Crippen molar-refractivity contribution in [1.82, 2.24) is 25.4 Å². The average Bonchev–Trinajstić information content (AvgIpc) is 3.97. The summed E-state index contributed by atoms with van der Waals surface area (Å²) in [6, 6.07) is 35.1. The maximum Gasteiger partial charge on any atom is 0.246 e. The van der Waals surface area contributed by atoms with E-state index in [9.17, 15) is 24.3 Å². The van der Waals surface area contributed by atoms with Crippen molar-refractivity contribution in [2.75, 3.05) is 53.2 Å². The number of aryl methyl sites for hydroxylation is 1. The molecule has 1 aliphatic rings. The van der Waals surface area contributed by atoms with Gasteiger partial charge in [-0.1, -0.05) is 125 Å². The van der Waals surface area contributed by atoms with Gasteiger partial charge in [-0.05, 0) is 69.9 Å². The number of carbonyl (C=O) groups excluding carboxylic acids is 4. The Hall–Kier alpha value is -6.19. The first-order valence-corrected chi connectivity index (χ1v) is 24.6. The Morgan fingerprint density at radius 2 is 1.45 bits per heavy atom. The first-order valence-electron chi connectivity index (χ1n) is 23.7. The van der Waals surface area contributed by atoms with E-state index in [4.69, 9.17) is 14.2 Å². The number of hydrogen-bond donors (Lipinski definition) is 3. The fraction of sp³-hybridized carbons (Fsp3) is 0.400. The Kier molecular flexibility index (Phi) is 19.2. The lowest BCUT2D eigenvalue weighted by Gasteiger charge is -2.35. The molecule has 0 spiro atoms. The zero-order valence-electron chi connectivity index (χ0n) is 40.7. The summed E-state index contributed by atoms with van der Waals surface area (Å²) < 4.78 is 17.3. The Morgan fingerprint density at radius 1 is 0.826 bits per heavy atom. The molecular weight excluding hydrogens is 891 g/mol. The van der Waals surface area contributed by atoms with E-state index >= 15 is 0 Å². The van der Waals surface area contributed by atoms with Gasteiger partial charge >= 0.3 is 0 Å². The van der Waals surface area contributed by atoms with Gasteiger partial charge in [0.2, 0.25) is 23.6 Å². The number of aliphatic hydroxyl groups excluding tert-OH is 1. The number of likely N-dealkylation sites (tertiary alicyclic amines) is 1. The van der Waals surface area contributed by atoms with Crippen molar-refractivity contribution in [3.8, 4) is 16.2 Å². The molecule has 3 N–H and O–H groups in total. The molecule has 5 aromatic rings. The minimum Gasteiger partial charge on any atom is -0.492 e. The van der Waals surface area contributed by atoms with E-state index in [0.717, 1.165) is 45.0 Å². The quantitative estimate of drug-likeness (QED) is 0.0437. The standard InChI is InChI=1S/C55H67N5O8S/c1-7-46(40-14-10-8-11-15-40)50(41-16-12-9-13-17-41)42-22-24-45(25-23-42)68-31-28-59(6)49(63)27-30-67-33-32-66-29-26-48(62)58-52(55(3,4)5)54(65)60-36-44(61)34-47(60)53(64)56-35-39-18-20-43(21-19-39)51-38(2)57-37-69-51/h8-25,37,44,47,52,61H,7,26-36H2,1-6H3,(H,56,64)(H,58,62)/b50-46-/t44-,47+,52-/m1/s1. The number of amides is 4. The highest BCUT2D eigenvalue weighted by Crippen LogP contribution is 2.35. The van der Waals surface area contributed by atoms with Crippen LogP contribution in [0.2, 0.25) is 0 Å². The van der Waals surface area contributed by atoms with E-state index in [1.54, 1.807) is 23.3 Å². The van der Waals surface area contributed by atoms with Gasteiger partial charge in [-0.25, -0.2) is 4.98 Å². The number of β-amino-alcohol motifs (C(OH)–C–C–N with tert-alkyl or cyclic N) is 1. The van der Waals surface area contributed by atoms with Crippen molar-refractivity contribution in [2.24, 2.45) is 5.41 Å². The van der Waals surface area contributed by atoms with E-state index in [1.165, 1.54) is 21.6 Å².